The van der Waals surface area contributed by atoms with E-state index in [1.807, 2.05) is 66.7 Å². The molecule has 0 saturated carbocycles. The Morgan fingerprint density at radius 2 is 1.54 bits per heavy atom. The van der Waals surface area contributed by atoms with Crippen molar-refractivity contribution in [2.24, 2.45) is 5.16 Å². The fourth-order valence-corrected chi connectivity index (χ4v) is 2.84. The lowest BCUT2D eigenvalue weighted by Gasteiger charge is -2.12. The second-order valence-electron chi connectivity index (χ2n) is 6.04. The molecule has 0 fully saturated rings. The number of nitrogens with zero attached hydrogens (tertiary/aromatic N) is 1. The monoisotopic (exact) mass is 374 g/mol. The number of carbonyl (C=O) groups excluding carboxylic acids is 1. The smallest absolute Gasteiger partial charge is 0.273 e. The number of oxime groups is 1. The number of nitrogens with one attached hydrogen (secondary N) is 1. The van der Waals surface area contributed by atoms with Crippen molar-refractivity contribution in [2.45, 2.75) is 6.61 Å². The molecule has 3 aromatic carbocycles. The van der Waals surface area contributed by atoms with Crippen LogP contribution in [-0.2, 0) is 16.2 Å². The summed E-state index contributed by atoms with van der Waals surface area (Å²) in [5.74, 6) is 0.432. The molecule has 1 amide bonds. The Morgan fingerprint density at radius 3 is 2.21 bits per heavy atom. The first-order valence-electron chi connectivity index (χ1n) is 8.92. The van der Waals surface area contributed by atoms with Gasteiger partial charge in [0.15, 0.2) is 5.71 Å². The molecule has 28 heavy (non-hydrogen) atoms. The molecule has 0 unspecified atom stereocenters. The van der Waals surface area contributed by atoms with Crippen LogP contribution in [0.15, 0.2) is 84.0 Å². The molecule has 0 radical (unpaired) electrons. The van der Waals surface area contributed by atoms with Gasteiger partial charge in [-0.3, -0.25) is 4.79 Å². The molecule has 0 heterocycles. The summed E-state index contributed by atoms with van der Waals surface area (Å²) in [7, 11) is 2.97. The van der Waals surface area contributed by atoms with Crippen LogP contribution in [0.1, 0.15) is 11.1 Å². The highest BCUT2D eigenvalue weighted by atomic mass is 16.6. The van der Waals surface area contributed by atoms with E-state index in [2.05, 4.69) is 22.6 Å². The van der Waals surface area contributed by atoms with Gasteiger partial charge in [-0.15, -0.1) is 0 Å². The third kappa shape index (κ3) is 4.57. The molecular formula is C23H22N2O3. The molecule has 5 nitrogen and oxygen atoms in total. The lowest BCUT2D eigenvalue weighted by Crippen LogP contribution is -2.29. The Morgan fingerprint density at radius 1 is 0.893 bits per heavy atom. The molecule has 0 atom stereocenters. The van der Waals surface area contributed by atoms with Crippen LogP contribution in [0.4, 0.5) is 0 Å². The Labute approximate surface area is 164 Å². The van der Waals surface area contributed by atoms with E-state index < -0.39 is 0 Å². The third-order valence-electron chi connectivity index (χ3n) is 4.25. The van der Waals surface area contributed by atoms with Crippen molar-refractivity contribution in [3.8, 4) is 16.9 Å². The van der Waals surface area contributed by atoms with Crippen LogP contribution in [0.2, 0.25) is 0 Å². The van der Waals surface area contributed by atoms with Crippen molar-refractivity contribution in [2.75, 3.05) is 14.2 Å². The number of amides is 1. The summed E-state index contributed by atoms with van der Waals surface area (Å²) in [5, 5.41) is 6.46. The molecule has 142 valence electrons. The summed E-state index contributed by atoms with van der Waals surface area (Å²) >= 11 is 0. The van der Waals surface area contributed by atoms with Gasteiger partial charge in [0.05, 0.1) is 0 Å². The Bertz CT molecular complexity index is 951. The fraction of sp³-hybridized carbons (Fsp3) is 0.130. The molecule has 3 rings (SSSR count). The van der Waals surface area contributed by atoms with E-state index in [0.29, 0.717) is 12.2 Å². The molecule has 0 aliphatic heterocycles. The molecule has 0 bridgehead atoms. The summed E-state index contributed by atoms with van der Waals surface area (Å²) in [6, 6.07) is 25.6. The molecule has 0 spiro atoms. The molecule has 0 aliphatic rings. The van der Waals surface area contributed by atoms with E-state index in [4.69, 9.17) is 9.57 Å². The highest BCUT2D eigenvalue weighted by Crippen LogP contribution is 2.23. The average Bonchev–Trinajstić information content (AvgIpc) is 2.77. The number of likely N-dealkylation sites (N-methyl/N-ethyl adjacent to an activating group) is 1. The summed E-state index contributed by atoms with van der Waals surface area (Å²) in [4.78, 5) is 17.0. The summed E-state index contributed by atoms with van der Waals surface area (Å²) in [5.41, 5.74) is 4.01. The molecule has 0 saturated heterocycles. The summed E-state index contributed by atoms with van der Waals surface area (Å²) < 4.78 is 5.94. The molecule has 0 aliphatic carbocycles. The topological polar surface area (TPSA) is 59.9 Å². The SMILES string of the molecule is CNC(=O)/C(=N/OC)c1ccccc1COc1ccc(-c2ccccc2)cc1. The van der Waals surface area contributed by atoms with Crippen LogP contribution in [0, 0.1) is 0 Å². The van der Waals surface area contributed by atoms with E-state index >= 15 is 0 Å². The van der Waals surface area contributed by atoms with Gasteiger partial charge in [0, 0.05) is 12.6 Å². The van der Waals surface area contributed by atoms with Gasteiger partial charge in [-0.2, -0.15) is 0 Å². The quantitative estimate of drug-likeness (QED) is 0.502. The summed E-state index contributed by atoms with van der Waals surface area (Å²) in [6.45, 7) is 0.306. The van der Waals surface area contributed by atoms with E-state index in [0.717, 1.165) is 22.4 Å². The van der Waals surface area contributed by atoms with Crippen LogP contribution >= 0.6 is 0 Å². The highest BCUT2D eigenvalue weighted by Gasteiger charge is 2.17. The minimum atomic E-state index is -0.318. The van der Waals surface area contributed by atoms with Gasteiger partial charge in [-0.1, -0.05) is 71.9 Å². The van der Waals surface area contributed by atoms with Gasteiger partial charge in [-0.25, -0.2) is 0 Å². The number of hydrogen-bond acceptors (Lipinski definition) is 4. The van der Waals surface area contributed by atoms with Gasteiger partial charge in [0.1, 0.15) is 19.5 Å². The molecular weight excluding hydrogens is 352 g/mol. The maximum atomic E-state index is 12.1. The van der Waals surface area contributed by atoms with E-state index in [1.165, 1.54) is 7.11 Å². The first-order chi connectivity index (χ1) is 13.7. The molecule has 5 heteroatoms. The lowest BCUT2D eigenvalue weighted by atomic mass is 10.0. The van der Waals surface area contributed by atoms with Crippen molar-refractivity contribution in [3.63, 3.8) is 0 Å². The largest absolute Gasteiger partial charge is 0.489 e. The van der Waals surface area contributed by atoms with Crippen LogP contribution in [0.3, 0.4) is 0 Å². The highest BCUT2D eigenvalue weighted by molar-refractivity contribution is 6.45. The first kappa shape index (κ1) is 19.2. The second-order valence-corrected chi connectivity index (χ2v) is 6.04. The number of rotatable bonds is 7. The first-order valence-corrected chi connectivity index (χ1v) is 8.92. The zero-order chi connectivity index (χ0) is 19.8. The summed E-state index contributed by atoms with van der Waals surface area (Å²) in [6.07, 6.45) is 0. The van der Waals surface area contributed by atoms with Gasteiger partial charge in [0.2, 0.25) is 0 Å². The fourth-order valence-electron chi connectivity index (χ4n) is 2.84. The zero-order valence-corrected chi connectivity index (χ0v) is 15.9. The Kier molecular flexibility index (Phi) is 6.41. The number of benzene rings is 3. The van der Waals surface area contributed by atoms with E-state index in [-0.39, 0.29) is 11.6 Å². The van der Waals surface area contributed by atoms with E-state index in [9.17, 15) is 4.79 Å². The number of carbonyl (C=O) groups is 1. The van der Waals surface area contributed by atoms with Crippen LogP contribution in [0.25, 0.3) is 11.1 Å². The Hall–Kier alpha value is -3.60. The predicted molar refractivity (Wildman–Crippen MR) is 110 cm³/mol. The third-order valence-corrected chi connectivity index (χ3v) is 4.25. The van der Waals surface area contributed by atoms with Gasteiger partial charge >= 0.3 is 0 Å². The standard InChI is InChI=1S/C23H22N2O3/c1-24-23(26)22(25-27-2)21-11-7-6-10-19(21)16-28-20-14-12-18(13-15-20)17-8-4-3-5-9-17/h3-15H,16H2,1-2H3,(H,24,26)/b25-22+. The molecule has 1 N–H and O–H groups in total. The normalized spacial score (nSPS) is 11.0. The average molecular weight is 374 g/mol. The van der Waals surface area contributed by atoms with Crippen LogP contribution < -0.4 is 10.1 Å². The second kappa shape index (κ2) is 9.37. The van der Waals surface area contributed by atoms with Crippen molar-refractivity contribution in [1.29, 1.82) is 0 Å². The van der Waals surface area contributed by atoms with Crippen molar-refractivity contribution in [1.82, 2.24) is 5.32 Å². The maximum absolute atomic E-state index is 12.1. The van der Waals surface area contributed by atoms with Gasteiger partial charge in [0.25, 0.3) is 5.91 Å². The van der Waals surface area contributed by atoms with Crippen molar-refractivity contribution < 1.29 is 14.4 Å². The number of hydrogen-bond donors (Lipinski definition) is 1. The Balaban J connectivity index is 1.76. The molecule has 0 aromatic heterocycles. The van der Waals surface area contributed by atoms with E-state index in [1.54, 1.807) is 7.05 Å². The minimum absolute atomic E-state index is 0.212. The van der Waals surface area contributed by atoms with Crippen molar-refractivity contribution >= 4 is 11.6 Å². The van der Waals surface area contributed by atoms with Crippen molar-refractivity contribution in [3.05, 3.63) is 90.0 Å². The predicted octanol–water partition coefficient (Wildman–Crippen LogP) is 4.03. The molecule has 3 aromatic rings. The maximum Gasteiger partial charge on any atom is 0.273 e. The van der Waals surface area contributed by atoms with Gasteiger partial charge in [-0.05, 0) is 28.8 Å². The van der Waals surface area contributed by atoms with Crippen LogP contribution in [-0.4, -0.2) is 25.8 Å². The zero-order valence-electron chi connectivity index (χ0n) is 15.9. The van der Waals surface area contributed by atoms with Crippen LogP contribution in [0.5, 0.6) is 5.75 Å². The minimum Gasteiger partial charge on any atom is -0.489 e. The van der Waals surface area contributed by atoms with Gasteiger partial charge < -0.3 is 14.9 Å². The lowest BCUT2D eigenvalue weighted by molar-refractivity contribution is -0.114. The number of ether oxygens (including phenoxy) is 1.